The standard InChI is InChI=1S/C34H41N3O6/c1-5-18-37(3)21-30-23(2)31(26-16-14-25(22-38)15-17-26)43-33(42-30)27-12-9-13-28(20-27)35-34(40)36-29(32(39)41-4)19-24-10-7-6-8-11-24/h5-17,20,23,29-31,33,38H,1,18-19,21-22H2,2-4H3,(H2,35,36,40). The molecule has 1 heterocycles. The first-order valence-corrected chi connectivity index (χ1v) is 14.4. The molecule has 0 aromatic heterocycles. The van der Waals surface area contributed by atoms with Gasteiger partial charge in [0.25, 0.3) is 0 Å². The quantitative estimate of drug-likeness (QED) is 0.202. The van der Waals surface area contributed by atoms with Crippen LogP contribution in [-0.2, 0) is 32.0 Å². The SMILES string of the molecule is C=CCN(C)CC1OC(c2cccc(NC(=O)NC(Cc3ccccc3)C(=O)OC)c2)OC(c2ccc(CO)cc2)C1C. The van der Waals surface area contributed by atoms with Crippen LogP contribution in [0.4, 0.5) is 10.5 Å². The number of urea groups is 1. The number of nitrogens with one attached hydrogen (secondary N) is 2. The van der Waals surface area contributed by atoms with Crippen LogP contribution in [0.15, 0.2) is 91.5 Å². The molecule has 0 spiro atoms. The van der Waals surface area contributed by atoms with Crippen LogP contribution in [0, 0.1) is 5.92 Å². The Morgan fingerprint density at radius 3 is 2.44 bits per heavy atom. The monoisotopic (exact) mass is 587 g/mol. The van der Waals surface area contributed by atoms with Crippen molar-refractivity contribution >= 4 is 17.7 Å². The maximum atomic E-state index is 13.0. The topological polar surface area (TPSA) is 109 Å². The Morgan fingerprint density at radius 1 is 1.02 bits per heavy atom. The number of rotatable bonds is 12. The van der Waals surface area contributed by atoms with Crippen LogP contribution < -0.4 is 10.6 Å². The summed E-state index contributed by atoms with van der Waals surface area (Å²) in [6.45, 7) is 7.33. The van der Waals surface area contributed by atoms with E-state index >= 15 is 0 Å². The Kier molecular flexibility index (Phi) is 11.5. The maximum Gasteiger partial charge on any atom is 0.328 e. The fourth-order valence-corrected chi connectivity index (χ4v) is 5.20. The molecule has 4 rings (SSSR count). The molecule has 43 heavy (non-hydrogen) atoms. The Labute approximate surface area is 253 Å². The predicted molar refractivity (Wildman–Crippen MR) is 165 cm³/mol. The van der Waals surface area contributed by atoms with Crippen molar-refractivity contribution in [1.82, 2.24) is 10.2 Å². The molecule has 5 atom stereocenters. The highest BCUT2D eigenvalue weighted by atomic mass is 16.7. The van der Waals surface area contributed by atoms with Crippen LogP contribution >= 0.6 is 0 Å². The summed E-state index contributed by atoms with van der Waals surface area (Å²) in [5.74, 6) is -0.494. The summed E-state index contributed by atoms with van der Waals surface area (Å²) in [6, 6.07) is 23.1. The van der Waals surface area contributed by atoms with Crippen molar-refractivity contribution in [3.05, 3.63) is 114 Å². The summed E-state index contributed by atoms with van der Waals surface area (Å²) in [6.07, 6.45) is 1.06. The number of esters is 1. The highest BCUT2D eigenvalue weighted by Crippen LogP contribution is 2.42. The Hall–Kier alpha value is -4.02. The second kappa shape index (κ2) is 15.5. The molecule has 0 bridgehead atoms. The van der Waals surface area contributed by atoms with Crippen molar-refractivity contribution in [2.24, 2.45) is 5.92 Å². The molecular weight excluding hydrogens is 546 g/mol. The first-order chi connectivity index (χ1) is 20.8. The molecule has 0 radical (unpaired) electrons. The van der Waals surface area contributed by atoms with Gasteiger partial charge in [0.05, 0.1) is 25.9 Å². The second-order valence-electron chi connectivity index (χ2n) is 10.8. The summed E-state index contributed by atoms with van der Waals surface area (Å²) in [4.78, 5) is 27.5. The first-order valence-electron chi connectivity index (χ1n) is 14.4. The fourth-order valence-electron chi connectivity index (χ4n) is 5.20. The molecule has 0 aliphatic carbocycles. The Bertz CT molecular complexity index is 1350. The van der Waals surface area contributed by atoms with Gasteiger partial charge < -0.3 is 34.9 Å². The van der Waals surface area contributed by atoms with Gasteiger partial charge in [-0.2, -0.15) is 0 Å². The van der Waals surface area contributed by atoms with E-state index in [2.05, 4.69) is 29.0 Å². The van der Waals surface area contributed by atoms with Crippen molar-refractivity contribution < 1.29 is 28.9 Å². The van der Waals surface area contributed by atoms with Crippen molar-refractivity contribution in [2.75, 3.05) is 32.6 Å². The molecule has 3 aromatic carbocycles. The van der Waals surface area contributed by atoms with E-state index < -0.39 is 24.3 Å². The van der Waals surface area contributed by atoms with E-state index in [4.69, 9.17) is 14.2 Å². The number of benzene rings is 3. The lowest BCUT2D eigenvalue weighted by Crippen LogP contribution is -2.45. The van der Waals surface area contributed by atoms with Crippen molar-refractivity contribution in [1.29, 1.82) is 0 Å². The lowest BCUT2D eigenvalue weighted by molar-refractivity contribution is -0.275. The number of carbonyl (C=O) groups is 2. The van der Waals surface area contributed by atoms with Gasteiger partial charge in [-0.1, -0.05) is 79.7 Å². The molecule has 9 heteroatoms. The number of methoxy groups -OCH3 is 1. The minimum Gasteiger partial charge on any atom is -0.467 e. The molecule has 1 fully saturated rings. The van der Waals surface area contributed by atoms with Gasteiger partial charge in [-0.25, -0.2) is 9.59 Å². The van der Waals surface area contributed by atoms with Gasteiger partial charge in [0, 0.05) is 36.7 Å². The van der Waals surface area contributed by atoms with E-state index in [1.807, 2.05) is 79.9 Å². The summed E-state index contributed by atoms with van der Waals surface area (Å²) in [5.41, 5.74) is 3.99. The zero-order valence-electron chi connectivity index (χ0n) is 24.9. The molecule has 1 aliphatic rings. The number of ether oxygens (including phenoxy) is 3. The number of hydrogen-bond acceptors (Lipinski definition) is 7. The normalized spacial score (nSPS) is 20.7. The van der Waals surface area contributed by atoms with Gasteiger partial charge in [-0.3, -0.25) is 0 Å². The number of hydrogen-bond donors (Lipinski definition) is 3. The largest absolute Gasteiger partial charge is 0.467 e. The van der Waals surface area contributed by atoms with Crippen molar-refractivity contribution in [3.8, 4) is 0 Å². The van der Waals surface area contributed by atoms with Gasteiger partial charge in [0.15, 0.2) is 6.29 Å². The van der Waals surface area contributed by atoms with Crippen LogP contribution in [0.3, 0.4) is 0 Å². The molecule has 3 aromatic rings. The molecule has 0 saturated carbocycles. The van der Waals surface area contributed by atoms with E-state index in [9.17, 15) is 14.7 Å². The minimum absolute atomic E-state index is 0.0257. The van der Waals surface area contributed by atoms with E-state index in [0.717, 1.165) is 28.8 Å². The molecule has 1 aliphatic heterocycles. The number of aliphatic hydroxyl groups excluding tert-OH is 1. The van der Waals surface area contributed by atoms with Gasteiger partial charge >= 0.3 is 12.0 Å². The first kappa shape index (κ1) is 31.9. The number of anilines is 1. The van der Waals surface area contributed by atoms with Gasteiger partial charge in [-0.15, -0.1) is 6.58 Å². The number of likely N-dealkylation sites (N-methyl/N-ethyl adjacent to an activating group) is 1. The highest BCUT2D eigenvalue weighted by molar-refractivity contribution is 5.92. The van der Waals surface area contributed by atoms with Crippen LogP contribution in [0.25, 0.3) is 0 Å². The van der Waals surface area contributed by atoms with Gasteiger partial charge in [0.2, 0.25) is 0 Å². The molecule has 2 amide bonds. The molecule has 228 valence electrons. The summed E-state index contributed by atoms with van der Waals surface area (Å²) < 4.78 is 18.0. The zero-order valence-corrected chi connectivity index (χ0v) is 24.9. The van der Waals surface area contributed by atoms with Crippen LogP contribution in [-0.4, -0.2) is 61.4 Å². The van der Waals surface area contributed by atoms with E-state index in [1.165, 1.54) is 7.11 Å². The zero-order chi connectivity index (χ0) is 30.8. The summed E-state index contributed by atoms with van der Waals surface area (Å²) in [7, 11) is 3.32. The van der Waals surface area contributed by atoms with Crippen molar-refractivity contribution in [2.45, 2.75) is 44.5 Å². The van der Waals surface area contributed by atoms with Crippen LogP contribution in [0.2, 0.25) is 0 Å². The molecular formula is C34H41N3O6. The predicted octanol–water partition coefficient (Wildman–Crippen LogP) is 4.99. The maximum absolute atomic E-state index is 13.0. The Balaban J connectivity index is 1.51. The third-order valence-corrected chi connectivity index (χ3v) is 7.55. The lowest BCUT2D eigenvalue weighted by Gasteiger charge is -2.42. The second-order valence-corrected chi connectivity index (χ2v) is 10.8. The van der Waals surface area contributed by atoms with E-state index in [1.54, 1.807) is 12.1 Å². The average Bonchev–Trinajstić information content (AvgIpc) is 3.02. The molecule has 9 nitrogen and oxygen atoms in total. The van der Waals surface area contributed by atoms with Gasteiger partial charge in [0.1, 0.15) is 6.04 Å². The molecule has 3 N–H and O–H groups in total. The van der Waals surface area contributed by atoms with E-state index in [0.29, 0.717) is 18.7 Å². The number of carbonyl (C=O) groups excluding carboxylic acids is 2. The highest BCUT2D eigenvalue weighted by Gasteiger charge is 2.38. The fraction of sp³-hybridized carbons (Fsp3) is 0.353. The third kappa shape index (κ3) is 8.75. The summed E-state index contributed by atoms with van der Waals surface area (Å²) >= 11 is 0. The van der Waals surface area contributed by atoms with Crippen LogP contribution in [0.5, 0.6) is 0 Å². The third-order valence-electron chi connectivity index (χ3n) is 7.55. The minimum atomic E-state index is -0.853. The van der Waals surface area contributed by atoms with Crippen LogP contribution in [0.1, 0.15) is 41.6 Å². The number of aliphatic hydroxyl groups is 1. The van der Waals surface area contributed by atoms with E-state index in [-0.39, 0.29) is 24.7 Å². The average molecular weight is 588 g/mol. The smallest absolute Gasteiger partial charge is 0.328 e. The number of nitrogens with zero attached hydrogens (tertiary/aromatic N) is 1. The van der Waals surface area contributed by atoms with Crippen molar-refractivity contribution in [3.63, 3.8) is 0 Å². The summed E-state index contributed by atoms with van der Waals surface area (Å²) in [5, 5.41) is 15.1. The molecule has 1 saturated heterocycles. The van der Waals surface area contributed by atoms with Gasteiger partial charge in [-0.05, 0) is 35.9 Å². The Morgan fingerprint density at radius 2 is 1.77 bits per heavy atom. The molecule has 5 unspecified atom stereocenters. The lowest BCUT2D eigenvalue weighted by atomic mass is 9.90. The number of amides is 2.